The molecule has 2 atom stereocenters. The summed E-state index contributed by atoms with van der Waals surface area (Å²) >= 11 is 6.16. The second-order valence-electron chi connectivity index (χ2n) is 8.07. The number of likely N-dealkylation sites (tertiary alicyclic amines) is 1. The minimum Gasteiger partial charge on any atom is -0.484 e. The number of piperidine rings is 1. The largest absolute Gasteiger partial charge is 0.484 e. The van der Waals surface area contributed by atoms with Gasteiger partial charge in [0.1, 0.15) is 5.75 Å². The molecule has 3 amide bonds. The molecule has 1 heterocycles. The molecule has 1 aliphatic heterocycles. The van der Waals surface area contributed by atoms with Crippen molar-refractivity contribution < 1.29 is 19.1 Å². The number of ether oxygens (including phenoxy) is 1. The molecule has 32 heavy (non-hydrogen) atoms. The maximum Gasteiger partial charge on any atom is 0.260 e. The lowest BCUT2D eigenvalue weighted by molar-refractivity contribution is -0.139. The van der Waals surface area contributed by atoms with Gasteiger partial charge in [0.15, 0.2) is 6.61 Å². The van der Waals surface area contributed by atoms with Gasteiger partial charge in [0.05, 0.1) is 10.7 Å². The van der Waals surface area contributed by atoms with E-state index >= 15 is 0 Å². The van der Waals surface area contributed by atoms with E-state index in [1.54, 1.807) is 42.5 Å². The van der Waals surface area contributed by atoms with Crippen LogP contribution in [0.2, 0.25) is 5.02 Å². The minimum absolute atomic E-state index is 0.0276. The Bertz CT molecular complexity index is 983. The van der Waals surface area contributed by atoms with Crippen LogP contribution >= 0.6 is 11.6 Å². The normalized spacial score (nSPS) is 18.1. The molecule has 1 aliphatic rings. The number of anilines is 2. The maximum atomic E-state index is 12.6. The fraction of sp³-hybridized carbons (Fsp3) is 0.375. The van der Waals surface area contributed by atoms with Gasteiger partial charge < -0.3 is 20.3 Å². The van der Waals surface area contributed by atoms with Gasteiger partial charge in [-0.3, -0.25) is 14.4 Å². The summed E-state index contributed by atoms with van der Waals surface area (Å²) in [5.74, 6) is -0.0912. The number of amides is 3. The van der Waals surface area contributed by atoms with Gasteiger partial charge in [0.2, 0.25) is 5.91 Å². The Morgan fingerprint density at radius 1 is 1.03 bits per heavy atom. The van der Waals surface area contributed by atoms with E-state index in [4.69, 9.17) is 16.3 Å². The lowest BCUT2D eigenvalue weighted by Crippen LogP contribution is -2.49. The summed E-state index contributed by atoms with van der Waals surface area (Å²) in [5, 5.41) is 5.74. The first-order chi connectivity index (χ1) is 15.2. The van der Waals surface area contributed by atoms with Crippen LogP contribution in [-0.4, -0.2) is 41.3 Å². The molecule has 0 saturated carbocycles. The van der Waals surface area contributed by atoms with Crippen LogP contribution in [0.5, 0.6) is 5.75 Å². The summed E-state index contributed by atoms with van der Waals surface area (Å²) in [6.07, 6.45) is 3.16. The van der Waals surface area contributed by atoms with Crippen LogP contribution in [0.25, 0.3) is 0 Å². The van der Waals surface area contributed by atoms with Crippen molar-refractivity contribution in [2.75, 3.05) is 17.2 Å². The van der Waals surface area contributed by atoms with Gasteiger partial charge in [-0.25, -0.2) is 0 Å². The predicted octanol–water partition coefficient (Wildman–Crippen LogP) is 4.72. The highest BCUT2D eigenvalue weighted by Gasteiger charge is 2.29. The highest BCUT2D eigenvalue weighted by molar-refractivity contribution is 6.34. The number of halogens is 1. The molecule has 0 bridgehead atoms. The molecular formula is C24H28ClN3O4. The van der Waals surface area contributed by atoms with E-state index in [0.29, 0.717) is 27.7 Å². The van der Waals surface area contributed by atoms with E-state index in [0.717, 1.165) is 19.3 Å². The van der Waals surface area contributed by atoms with Crippen LogP contribution in [0.4, 0.5) is 11.4 Å². The van der Waals surface area contributed by atoms with Crippen molar-refractivity contribution in [3.8, 4) is 5.75 Å². The zero-order chi connectivity index (χ0) is 23.3. The van der Waals surface area contributed by atoms with E-state index in [9.17, 15) is 14.4 Å². The van der Waals surface area contributed by atoms with Crippen molar-refractivity contribution in [1.29, 1.82) is 0 Å². The Kier molecular flexibility index (Phi) is 7.75. The SMILES string of the molecule is CC(=O)Nc1ccc(Cl)c(NC(=O)c2ccc(OCC(=O)N3C(C)CCCC3C)cc2)c1. The van der Waals surface area contributed by atoms with Crippen LogP contribution in [0, 0.1) is 0 Å². The molecule has 0 aromatic heterocycles. The molecule has 3 rings (SSSR count). The smallest absolute Gasteiger partial charge is 0.260 e. The summed E-state index contributed by atoms with van der Waals surface area (Å²) in [5.41, 5.74) is 1.32. The number of benzene rings is 2. The lowest BCUT2D eigenvalue weighted by Gasteiger charge is -2.38. The number of rotatable bonds is 6. The minimum atomic E-state index is -0.356. The van der Waals surface area contributed by atoms with Gasteiger partial charge >= 0.3 is 0 Å². The van der Waals surface area contributed by atoms with E-state index in [1.807, 2.05) is 4.90 Å². The van der Waals surface area contributed by atoms with E-state index in [2.05, 4.69) is 24.5 Å². The lowest BCUT2D eigenvalue weighted by atomic mass is 9.97. The van der Waals surface area contributed by atoms with Crippen molar-refractivity contribution in [1.82, 2.24) is 4.90 Å². The van der Waals surface area contributed by atoms with Crippen molar-refractivity contribution in [3.05, 3.63) is 53.1 Å². The Balaban J connectivity index is 1.59. The first-order valence-corrected chi connectivity index (χ1v) is 11.0. The van der Waals surface area contributed by atoms with E-state index < -0.39 is 0 Å². The summed E-state index contributed by atoms with van der Waals surface area (Å²) in [4.78, 5) is 38.3. The molecule has 7 nitrogen and oxygen atoms in total. The Morgan fingerprint density at radius 3 is 2.31 bits per heavy atom. The average Bonchev–Trinajstić information content (AvgIpc) is 2.74. The molecule has 1 fully saturated rings. The van der Waals surface area contributed by atoms with Crippen LogP contribution in [0.15, 0.2) is 42.5 Å². The average molecular weight is 458 g/mol. The monoisotopic (exact) mass is 457 g/mol. The fourth-order valence-corrected chi connectivity index (χ4v) is 4.10. The number of carbonyl (C=O) groups is 3. The van der Waals surface area contributed by atoms with Crippen LogP contribution < -0.4 is 15.4 Å². The predicted molar refractivity (Wildman–Crippen MR) is 125 cm³/mol. The van der Waals surface area contributed by atoms with Crippen molar-refractivity contribution >= 4 is 40.7 Å². The Labute approximate surface area is 193 Å². The molecular weight excluding hydrogens is 430 g/mol. The molecule has 0 radical (unpaired) electrons. The maximum absolute atomic E-state index is 12.6. The second-order valence-corrected chi connectivity index (χ2v) is 8.48. The second kappa shape index (κ2) is 10.5. The highest BCUT2D eigenvalue weighted by Crippen LogP contribution is 2.27. The molecule has 2 aromatic carbocycles. The number of nitrogens with one attached hydrogen (secondary N) is 2. The quantitative estimate of drug-likeness (QED) is 0.657. The molecule has 2 aromatic rings. The summed E-state index contributed by atoms with van der Waals surface area (Å²) < 4.78 is 5.66. The van der Waals surface area contributed by atoms with Gasteiger partial charge in [0, 0.05) is 30.3 Å². The third kappa shape index (κ3) is 6.01. The fourth-order valence-electron chi connectivity index (χ4n) is 3.93. The zero-order valence-corrected chi connectivity index (χ0v) is 19.2. The third-order valence-electron chi connectivity index (χ3n) is 5.50. The summed E-state index contributed by atoms with van der Waals surface area (Å²) in [7, 11) is 0. The van der Waals surface area contributed by atoms with Crippen LogP contribution in [0.1, 0.15) is 50.4 Å². The molecule has 0 aliphatic carbocycles. The van der Waals surface area contributed by atoms with Gasteiger partial charge in [-0.05, 0) is 75.6 Å². The van der Waals surface area contributed by atoms with Crippen molar-refractivity contribution in [3.63, 3.8) is 0 Å². The molecule has 8 heteroatoms. The Morgan fingerprint density at radius 2 is 1.69 bits per heavy atom. The van der Waals surface area contributed by atoms with Crippen molar-refractivity contribution in [2.45, 2.75) is 52.1 Å². The molecule has 2 unspecified atom stereocenters. The van der Waals surface area contributed by atoms with E-state index in [-0.39, 0.29) is 36.4 Å². The standard InChI is InChI=1S/C24H28ClN3O4/c1-15-5-4-6-16(2)28(15)23(30)14-32-20-10-7-18(8-11-20)24(31)27-22-13-19(26-17(3)29)9-12-21(22)25/h7-13,15-16H,4-6,14H2,1-3H3,(H,26,29)(H,27,31). The van der Waals surface area contributed by atoms with Crippen LogP contribution in [0.3, 0.4) is 0 Å². The number of hydrogen-bond donors (Lipinski definition) is 2. The van der Waals surface area contributed by atoms with Gasteiger partial charge in [-0.2, -0.15) is 0 Å². The number of carbonyl (C=O) groups excluding carboxylic acids is 3. The molecule has 1 saturated heterocycles. The summed E-state index contributed by atoms with van der Waals surface area (Å²) in [6.45, 7) is 5.50. The first kappa shape index (κ1) is 23.6. The van der Waals surface area contributed by atoms with Crippen molar-refractivity contribution in [2.24, 2.45) is 0 Å². The van der Waals surface area contributed by atoms with Gasteiger partial charge in [0.25, 0.3) is 11.8 Å². The third-order valence-corrected chi connectivity index (χ3v) is 5.82. The van der Waals surface area contributed by atoms with Gasteiger partial charge in [-0.1, -0.05) is 11.6 Å². The zero-order valence-electron chi connectivity index (χ0n) is 18.5. The Hall–Kier alpha value is -3.06. The number of nitrogens with zero attached hydrogens (tertiary/aromatic N) is 1. The molecule has 170 valence electrons. The number of hydrogen-bond acceptors (Lipinski definition) is 4. The van der Waals surface area contributed by atoms with Gasteiger partial charge in [-0.15, -0.1) is 0 Å². The molecule has 2 N–H and O–H groups in total. The van der Waals surface area contributed by atoms with E-state index in [1.165, 1.54) is 6.92 Å². The first-order valence-electron chi connectivity index (χ1n) is 10.7. The van der Waals surface area contributed by atoms with Crippen LogP contribution in [-0.2, 0) is 9.59 Å². The topological polar surface area (TPSA) is 87.7 Å². The summed E-state index contributed by atoms with van der Waals surface area (Å²) in [6, 6.07) is 11.8. The molecule has 0 spiro atoms. The highest BCUT2D eigenvalue weighted by atomic mass is 35.5.